The number of aromatic nitrogens is 2. The van der Waals surface area contributed by atoms with Gasteiger partial charge in [0.1, 0.15) is 25.1 Å². The topological polar surface area (TPSA) is 50.3 Å². The predicted octanol–water partition coefficient (Wildman–Crippen LogP) is 1.55. The molecule has 0 N–H and O–H groups in total. The largest absolute Gasteiger partial charge is 0.489 e. The van der Waals surface area contributed by atoms with Crippen molar-refractivity contribution < 1.29 is 9.13 Å². The number of alkyl halides is 1. The van der Waals surface area contributed by atoms with E-state index in [-0.39, 0.29) is 6.61 Å². The third kappa shape index (κ3) is 1.74. The molecule has 0 spiro atoms. The third-order valence-corrected chi connectivity index (χ3v) is 1.96. The van der Waals surface area contributed by atoms with E-state index in [1.807, 2.05) is 6.07 Å². The summed E-state index contributed by atoms with van der Waals surface area (Å²) in [6, 6.07) is 5.44. The fourth-order valence-corrected chi connectivity index (χ4v) is 1.29. The first-order valence-corrected chi connectivity index (χ1v) is 4.41. The maximum absolute atomic E-state index is 11.9. The Labute approximate surface area is 85.5 Å². The van der Waals surface area contributed by atoms with Crippen LogP contribution in [-0.2, 0) is 0 Å². The van der Waals surface area contributed by atoms with Gasteiger partial charge in [0, 0.05) is 0 Å². The van der Waals surface area contributed by atoms with Crippen molar-refractivity contribution in [1.82, 2.24) is 9.61 Å². The Morgan fingerprint density at radius 2 is 2.40 bits per heavy atom. The second-order valence-corrected chi connectivity index (χ2v) is 2.90. The van der Waals surface area contributed by atoms with Gasteiger partial charge in [-0.15, -0.1) is 0 Å². The standard InChI is InChI=1S/C10H8FN3O/c11-3-4-15-9-1-2-10-8(5-12)6-13-14(10)7-9/h1-2,6-7H,3-4H2. The van der Waals surface area contributed by atoms with Crippen LogP contribution >= 0.6 is 0 Å². The number of hydrogen-bond donors (Lipinski definition) is 0. The fourth-order valence-electron chi connectivity index (χ4n) is 1.29. The molecule has 0 aliphatic carbocycles. The van der Waals surface area contributed by atoms with Crippen LogP contribution in [-0.4, -0.2) is 22.9 Å². The molecule has 0 aliphatic rings. The SMILES string of the molecule is N#Cc1cnn2cc(OCCF)ccc12. The van der Waals surface area contributed by atoms with Gasteiger partial charge >= 0.3 is 0 Å². The number of pyridine rings is 1. The smallest absolute Gasteiger partial charge is 0.137 e. The van der Waals surface area contributed by atoms with Gasteiger partial charge in [-0.2, -0.15) is 10.4 Å². The van der Waals surface area contributed by atoms with Crippen LogP contribution in [0.2, 0.25) is 0 Å². The van der Waals surface area contributed by atoms with E-state index >= 15 is 0 Å². The number of halogens is 1. The third-order valence-electron chi connectivity index (χ3n) is 1.96. The van der Waals surface area contributed by atoms with Crippen LogP contribution in [0.25, 0.3) is 5.52 Å². The lowest BCUT2D eigenvalue weighted by Gasteiger charge is -2.03. The number of hydrogen-bond acceptors (Lipinski definition) is 3. The van der Waals surface area contributed by atoms with Gasteiger partial charge in [-0.3, -0.25) is 0 Å². The Morgan fingerprint density at radius 1 is 1.53 bits per heavy atom. The zero-order chi connectivity index (χ0) is 10.7. The second kappa shape index (κ2) is 3.96. The molecule has 2 rings (SSSR count). The molecule has 0 amide bonds. The highest BCUT2D eigenvalue weighted by atomic mass is 19.1. The van der Waals surface area contributed by atoms with Crippen molar-refractivity contribution in [3.05, 3.63) is 30.1 Å². The molecule has 0 unspecified atom stereocenters. The molecule has 0 bridgehead atoms. The lowest BCUT2D eigenvalue weighted by molar-refractivity contribution is 0.272. The van der Waals surface area contributed by atoms with E-state index in [2.05, 4.69) is 5.10 Å². The number of nitrogens with zero attached hydrogens (tertiary/aromatic N) is 3. The Kier molecular flexibility index (Phi) is 2.50. The summed E-state index contributed by atoms with van der Waals surface area (Å²) in [5, 5.41) is 12.7. The molecule has 2 aromatic heterocycles. The van der Waals surface area contributed by atoms with E-state index < -0.39 is 6.67 Å². The monoisotopic (exact) mass is 205 g/mol. The highest BCUT2D eigenvalue weighted by Gasteiger charge is 2.03. The van der Waals surface area contributed by atoms with Crippen LogP contribution in [0.3, 0.4) is 0 Å². The molecule has 0 saturated heterocycles. The minimum absolute atomic E-state index is 0.0257. The maximum atomic E-state index is 11.9. The summed E-state index contributed by atoms with van der Waals surface area (Å²) in [5.41, 5.74) is 1.22. The first-order valence-electron chi connectivity index (χ1n) is 4.41. The highest BCUT2D eigenvalue weighted by Crippen LogP contribution is 2.15. The molecular weight excluding hydrogens is 197 g/mol. The summed E-state index contributed by atoms with van der Waals surface area (Å²) >= 11 is 0. The van der Waals surface area contributed by atoms with Crippen molar-refractivity contribution in [2.45, 2.75) is 0 Å². The van der Waals surface area contributed by atoms with Crippen LogP contribution in [0, 0.1) is 11.3 Å². The molecule has 4 nitrogen and oxygen atoms in total. The Bertz CT molecular complexity index is 515. The van der Waals surface area contributed by atoms with Crippen LogP contribution in [0.5, 0.6) is 5.75 Å². The zero-order valence-corrected chi connectivity index (χ0v) is 7.85. The molecule has 0 aliphatic heterocycles. The zero-order valence-electron chi connectivity index (χ0n) is 7.85. The molecule has 2 heterocycles. The van der Waals surface area contributed by atoms with E-state index in [9.17, 15) is 4.39 Å². The molecule has 0 saturated carbocycles. The van der Waals surface area contributed by atoms with Crippen LogP contribution < -0.4 is 4.74 Å². The maximum Gasteiger partial charge on any atom is 0.137 e. The summed E-state index contributed by atoms with van der Waals surface area (Å²) in [7, 11) is 0. The van der Waals surface area contributed by atoms with Crippen LogP contribution in [0.1, 0.15) is 5.56 Å². The molecule has 0 fully saturated rings. The summed E-state index contributed by atoms with van der Waals surface area (Å²) in [4.78, 5) is 0. The second-order valence-electron chi connectivity index (χ2n) is 2.90. The number of fused-ring (bicyclic) bond motifs is 1. The van der Waals surface area contributed by atoms with Gasteiger partial charge < -0.3 is 4.74 Å². The van der Waals surface area contributed by atoms with Crippen molar-refractivity contribution in [2.75, 3.05) is 13.3 Å². The minimum atomic E-state index is -0.527. The van der Waals surface area contributed by atoms with E-state index in [1.54, 1.807) is 18.3 Å². The van der Waals surface area contributed by atoms with E-state index in [0.717, 1.165) is 0 Å². The molecular formula is C10H8FN3O. The average Bonchev–Trinajstić information content (AvgIpc) is 2.68. The molecule has 0 atom stereocenters. The van der Waals surface area contributed by atoms with Crippen molar-refractivity contribution in [1.29, 1.82) is 5.26 Å². The summed E-state index contributed by atoms with van der Waals surface area (Å²) < 4.78 is 18.5. The van der Waals surface area contributed by atoms with Gasteiger partial charge in [0.2, 0.25) is 0 Å². The molecule has 2 aromatic rings. The van der Waals surface area contributed by atoms with E-state index in [0.29, 0.717) is 16.8 Å². The van der Waals surface area contributed by atoms with Gasteiger partial charge in [0.05, 0.1) is 23.5 Å². The normalized spacial score (nSPS) is 10.1. The fraction of sp³-hybridized carbons (Fsp3) is 0.200. The molecule has 0 aromatic carbocycles. The van der Waals surface area contributed by atoms with Crippen LogP contribution in [0.15, 0.2) is 24.5 Å². The van der Waals surface area contributed by atoms with Gasteiger partial charge in [0.15, 0.2) is 0 Å². The van der Waals surface area contributed by atoms with Gasteiger partial charge in [0.25, 0.3) is 0 Å². The summed E-state index contributed by atoms with van der Waals surface area (Å²) in [6.45, 7) is -0.502. The van der Waals surface area contributed by atoms with Gasteiger partial charge in [-0.25, -0.2) is 8.91 Å². The quantitative estimate of drug-likeness (QED) is 0.763. The lowest BCUT2D eigenvalue weighted by Crippen LogP contribution is -1.99. The van der Waals surface area contributed by atoms with Gasteiger partial charge in [-0.1, -0.05) is 0 Å². The van der Waals surface area contributed by atoms with Crippen molar-refractivity contribution in [3.63, 3.8) is 0 Å². The number of ether oxygens (including phenoxy) is 1. The van der Waals surface area contributed by atoms with E-state index in [1.165, 1.54) is 10.7 Å². The molecule has 0 radical (unpaired) electrons. The Balaban J connectivity index is 2.36. The van der Waals surface area contributed by atoms with Crippen molar-refractivity contribution in [3.8, 4) is 11.8 Å². The molecule has 76 valence electrons. The summed E-state index contributed by atoms with van der Waals surface area (Å²) in [6.07, 6.45) is 3.10. The summed E-state index contributed by atoms with van der Waals surface area (Å²) in [5.74, 6) is 0.535. The van der Waals surface area contributed by atoms with Crippen molar-refractivity contribution in [2.24, 2.45) is 0 Å². The first kappa shape index (κ1) is 9.46. The number of rotatable bonds is 3. The molecule has 5 heteroatoms. The lowest BCUT2D eigenvalue weighted by atomic mass is 10.3. The highest BCUT2D eigenvalue weighted by molar-refractivity contribution is 5.60. The first-order chi connectivity index (χ1) is 7.35. The Hall–Kier alpha value is -2.09. The Morgan fingerprint density at radius 3 is 3.13 bits per heavy atom. The van der Waals surface area contributed by atoms with Gasteiger partial charge in [-0.05, 0) is 12.1 Å². The van der Waals surface area contributed by atoms with Crippen molar-refractivity contribution >= 4 is 5.52 Å². The van der Waals surface area contributed by atoms with E-state index in [4.69, 9.17) is 10.00 Å². The van der Waals surface area contributed by atoms with Crippen LogP contribution in [0.4, 0.5) is 4.39 Å². The minimum Gasteiger partial charge on any atom is -0.489 e. The number of nitriles is 1. The predicted molar refractivity (Wildman–Crippen MR) is 51.4 cm³/mol. The average molecular weight is 205 g/mol. The molecule has 15 heavy (non-hydrogen) atoms.